The Kier molecular flexibility index (Phi) is 5.24. The number of hydrogen-bond donors (Lipinski definition) is 1. The van der Waals surface area contributed by atoms with Gasteiger partial charge in [0.15, 0.2) is 23.1 Å². The van der Waals surface area contributed by atoms with E-state index in [4.69, 9.17) is 21.1 Å². The van der Waals surface area contributed by atoms with E-state index in [2.05, 4.69) is 5.32 Å². The Bertz CT molecular complexity index is 1820. The summed E-state index contributed by atoms with van der Waals surface area (Å²) < 4.78 is 11.0. The van der Waals surface area contributed by atoms with Gasteiger partial charge in [0.25, 0.3) is 0 Å². The SMILES string of the molecule is O=C(c1cccs1)[C@@H]1[C@H](C(=O)c2ccc3c(c2)OCO3)[C@@]2(C(=O)Nc3ccccc32)[C@H]2C=Cc3cc(Cl)ccc3N12. The second-order valence-electron chi connectivity index (χ2n) is 10.5. The van der Waals surface area contributed by atoms with Gasteiger partial charge in [0, 0.05) is 22.0 Å². The maximum absolute atomic E-state index is 14.9. The Labute approximate surface area is 244 Å². The molecule has 0 unspecified atom stereocenters. The summed E-state index contributed by atoms with van der Waals surface area (Å²) in [6, 6.07) is 19.9. The van der Waals surface area contributed by atoms with E-state index >= 15 is 0 Å². The Morgan fingerprint density at radius 1 is 0.976 bits per heavy atom. The van der Waals surface area contributed by atoms with Crippen molar-refractivity contribution in [3.05, 3.63) is 111 Å². The molecule has 0 bridgehead atoms. The molecule has 1 spiro atoms. The number of fused-ring (bicyclic) bond motifs is 7. The van der Waals surface area contributed by atoms with E-state index in [1.54, 1.807) is 30.3 Å². The van der Waals surface area contributed by atoms with Crippen molar-refractivity contribution >= 4 is 57.9 Å². The fourth-order valence-electron chi connectivity index (χ4n) is 6.94. The zero-order valence-corrected chi connectivity index (χ0v) is 22.9. The number of carbonyl (C=O) groups is 3. The van der Waals surface area contributed by atoms with Gasteiger partial charge in [-0.25, -0.2) is 0 Å². The number of Topliss-reactive ketones (excluding diaryl/α,β-unsaturated/α-hetero) is 2. The lowest BCUT2D eigenvalue weighted by Gasteiger charge is -2.37. The number of thiophene rings is 1. The van der Waals surface area contributed by atoms with Crippen molar-refractivity contribution in [1.82, 2.24) is 0 Å². The normalized spacial score (nSPS) is 24.7. The van der Waals surface area contributed by atoms with Crippen LogP contribution in [0.25, 0.3) is 6.08 Å². The fourth-order valence-corrected chi connectivity index (χ4v) is 7.82. The number of ether oxygens (including phenoxy) is 2. The average Bonchev–Trinajstić information content (AvgIpc) is 3.78. The van der Waals surface area contributed by atoms with Gasteiger partial charge in [-0.05, 0) is 65.0 Å². The standard InChI is InChI=1S/C32H21ClN2O5S/c33-19-9-10-22-17(14-19)8-12-26-32(20-4-1-2-5-21(20)34-31(32)38)27(28(35(22)26)30(37)25-6-3-13-41-25)29(36)18-7-11-23-24(15-18)40-16-39-23/h1-15,26-28H,16H2,(H,34,38)/t26-,27-,28+,32+/m1/s1. The molecule has 1 fully saturated rings. The number of para-hydroxylation sites is 1. The Morgan fingerprint density at radius 2 is 1.83 bits per heavy atom. The fraction of sp³-hybridized carbons (Fsp3) is 0.156. The first-order chi connectivity index (χ1) is 20.0. The lowest BCUT2D eigenvalue weighted by Crippen LogP contribution is -2.51. The quantitative estimate of drug-likeness (QED) is 0.299. The third-order valence-electron chi connectivity index (χ3n) is 8.57. The van der Waals surface area contributed by atoms with Gasteiger partial charge in [-0.15, -0.1) is 11.3 Å². The van der Waals surface area contributed by atoms with E-state index in [-0.39, 0.29) is 24.3 Å². The molecule has 4 aromatic rings. The number of nitrogens with zero attached hydrogens (tertiary/aromatic N) is 1. The molecule has 3 aromatic carbocycles. The predicted octanol–water partition coefficient (Wildman–Crippen LogP) is 5.99. The van der Waals surface area contributed by atoms with E-state index in [9.17, 15) is 14.4 Å². The third-order valence-corrected chi connectivity index (χ3v) is 9.69. The zero-order valence-electron chi connectivity index (χ0n) is 21.4. The molecular formula is C32H21ClN2O5S. The molecule has 202 valence electrons. The van der Waals surface area contributed by atoms with Crippen LogP contribution >= 0.6 is 22.9 Å². The number of amides is 1. The van der Waals surface area contributed by atoms with Gasteiger partial charge in [-0.1, -0.05) is 48.0 Å². The molecular weight excluding hydrogens is 560 g/mol. The molecule has 1 aromatic heterocycles. The van der Waals surface area contributed by atoms with Crippen molar-refractivity contribution in [2.75, 3.05) is 17.0 Å². The molecule has 7 nitrogen and oxygen atoms in total. The summed E-state index contributed by atoms with van der Waals surface area (Å²) in [6.45, 7) is 0.0651. The number of nitrogens with one attached hydrogen (secondary N) is 1. The second-order valence-corrected chi connectivity index (χ2v) is 11.9. The molecule has 0 aliphatic carbocycles. The summed E-state index contributed by atoms with van der Waals surface area (Å²) in [5.74, 6) is -0.895. The number of hydrogen-bond acceptors (Lipinski definition) is 7. The van der Waals surface area contributed by atoms with Crippen LogP contribution in [-0.2, 0) is 10.2 Å². The van der Waals surface area contributed by atoms with E-state index in [0.717, 1.165) is 11.3 Å². The molecule has 1 N–H and O–H groups in total. The van der Waals surface area contributed by atoms with E-state index < -0.39 is 23.4 Å². The van der Waals surface area contributed by atoms with Gasteiger partial charge in [0.1, 0.15) is 11.5 Å². The van der Waals surface area contributed by atoms with Crippen LogP contribution in [0.5, 0.6) is 11.5 Å². The lowest BCUT2D eigenvalue weighted by atomic mass is 9.64. The smallest absolute Gasteiger partial charge is 0.238 e. The van der Waals surface area contributed by atoms with Crippen LogP contribution in [0, 0.1) is 5.92 Å². The minimum atomic E-state index is -1.38. The Hall–Kier alpha value is -4.40. The van der Waals surface area contributed by atoms with Crippen molar-refractivity contribution in [2.24, 2.45) is 5.92 Å². The summed E-state index contributed by atoms with van der Waals surface area (Å²) in [6.07, 6.45) is 3.86. The Balaban J connectivity index is 1.41. The molecule has 1 saturated heterocycles. The third kappa shape index (κ3) is 3.29. The molecule has 41 heavy (non-hydrogen) atoms. The van der Waals surface area contributed by atoms with Crippen molar-refractivity contribution < 1.29 is 23.9 Å². The molecule has 0 radical (unpaired) electrons. The van der Waals surface area contributed by atoms with E-state index in [0.29, 0.717) is 38.2 Å². The highest BCUT2D eigenvalue weighted by Gasteiger charge is 2.70. The first kappa shape index (κ1) is 24.4. The first-order valence-corrected chi connectivity index (χ1v) is 14.4. The summed E-state index contributed by atoms with van der Waals surface area (Å²) >= 11 is 7.68. The van der Waals surface area contributed by atoms with Crippen molar-refractivity contribution in [3.63, 3.8) is 0 Å². The molecule has 4 atom stereocenters. The van der Waals surface area contributed by atoms with E-state index in [1.807, 2.05) is 64.9 Å². The number of anilines is 2. The lowest BCUT2D eigenvalue weighted by molar-refractivity contribution is -0.121. The monoisotopic (exact) mass is 580 g/mol. The van der Waals surface area contributed by atoms with Gasteiger partial charge >= 0.3 is 0 Å². The molecule has 8 rings (SSSR count). The van der Waals surface area contributed by atoms with Crippen molar-refractivity contribution in [2.45, 2.75) is 17.5 Å². The number of halogens is 1. The minimum absolute atomic E-state index is 0.0651. The summed E-state index contributed by atoms with van der Waals surface area (Å²) in [4.78, 5) is 46.2. The van der Waals surface area contributed by atoms with Crippen LogP contribution in [0.2, 0.25) is 5.02 Å². The van der Waals surface area contributed by atoms with Crippen LogP contribution in [0.15, 0.2) is 84.3 Å². The topological polar surface area (TPSA) is 84.9 Å². The molecule has 1 amide bonds. The van der Waals surface area contributed by atoms with Gasteiger partial charge in [-0.3, -0.25) is 14.4 Å². The number of benzene rings is 3. The number of ketones is 2. The average molecular weight is 581 g/mol. The van der Waals surface area contributed by atoms with Gasteiger partial charge < -0.3 is 19.7 Å². The van der Waals surface area contributed by atoms with Crippen molar-refractivity contribution in [3.8, 4) is 11.5 Å². The minimum Gasteiger partial charge on any atom is -0.454 e. The second kappa shape index (κ2) is 8.80. The van der Waals surface area contributed by atoms with Crippen LogP contribution < -0.4 is 19.7 Å². The highest BCUT2D eigenvalue weighted by Crippen LogP contribution is 2.58. The van der Waals surface area contributed by atoms with E-state index in [1.165, 1.54) is 11.3 Å². The maximum atomic E-state index is 14.9. The predicted molar refractivity (Wildman–Crippen MR) is 156 cm³/mol. The molecule has 4 aliphatic heterocycles. The van der Waals surface area contributed by atoms with Gasteiger partial charge in [0.2, 0.25) is 12.7 Å². The largest absolute Gasteiger partial charge is 0.454 e. The molecule has 5 heterocycles. The molecule has 0 saturated carbocycles. The molecule has 4 aliphatic rings. The summed E-state index contributed by atoms with van der Waals surface area (Å²) in [5, 5.41) is 5.44. The van der Waals surface area contributed by atoms with Crippen LogP contribution in [0.3, 0.4) is 0 Å². The van der Waals surface area contributed by atoms with Gasteiger partial charge in [0.05, 0.1) is 16.8 Å². The van der Waals surface area contributed by atoms with Crippen LogP contribution in [0.1, 0.15) is 31.2 Å². The highest BCUT2D eigenvalue weighted by atomic mass is 35.5. The first-order valence-electron chi connectivity index (χ1n) is 13.2. The summed E-state index contributed by atoms with van der Waals surface area (Å²) in [5.41, 5.74) is 1.86. The van der Waals surface area contributed by atoms with Crippen LogP contribution in [0.4, 0.5) is 11.4 Å². The van der Waals surface area contributed by atoms with Gasteiger partial charge in [-0.2, -0.15) is 0 Å². The van der Waals surface area contributed by atoms with Crippen LogP contribution in [-0.4, -0.2) is 36.4 Å². The highest BCUT2D eigenvalue weighted by molar-refractivity contribution is 7.12. The Morgan fingerprint density at radius 3 is 2.68 bits per heavy atom. The number of carbonyl (C=O) groups excluding carboxylic acids is 3. The molecule has 9 heteroatoms. The number of rotatable bonds is 4. The van der Waals surface area contributed by atoms with Crippen molar-refractivity contribution in [1.29, 1.82) is 0 Å². The summed E-state index contributed by atoms with van der Waals surface area (Å²) in [7, 11) is 0. The maximum Gasteiger partial charge on any atom is 0.238 e. The zero-order chi connectivity index (χ0) is 27.9.